The van der Waals surface area contributed by atoms with Crippen molar-refractivity contribution in [2.75, 3.05) is 11.4 Å². The molecule has 0 saturated carbocycles. The van der Waals surface area contributed by atoms with Gasteiger partial charge in [0.1, 0.15) is 0 Å². The van der Waals surface area contributed by atoms with E-state index in [1.54, 1.807) is 5.56 Å². The van der Waals surface area contributed by atoms with Gasteiger partial charge in [-0.2, -0.15) is 0 Å². The first kappa shape index (κ1) is 10.2. The van der Waals surface area contributed by atoms with Gasteiger partial charge < -0.3 is 10.6 Å². The van der Waals surface area contributed by atoms with Crippen LogP contribution in [0, 0.1) is 6.92 Å². The molecule has 0 aliphatic carbocycles. The molecule has 0 aromatic heterocycles. The number of nitrogens with two attached hydrogens (primary N) is 1. The highest BCUT2D eigenvalue weighted by Gasteiger charge is 2.31. The first-order valence-electron chi connectivity index (χ1n) is 6.36. The smallest absolute Gasteiger partial charge is 0.0403 e. The van der Waals surface area contributed by atoms with Gasteiger partial charge in [0.05, 0.1) is 0 Å². The number of anilines is 1. The SMILES string of the molecule is Cc1cccc2c1CCC1CC(N)CCN21. The van der Waals surface area contributed by atoms with Crippen molar-refractivity contribution in [1.82, 2.24) is 0 Å². The van der Waals surface area contributed by atoms with Gasteiger partial charge in [0.2, 0.25) is 0 Å². The van der Waals surface area contributed by atoms with E-state index >= 15 is 0 Å². The number of nitrogens with zero attached hydrogens (tertiary/aromatic N) is 1. The van der Waals surface area contributed by atoms with Crippen molar-refractivity contribution in [3.63, 3.8) is 0 Å². The second kappa shape index (κ2) is 3.77. The number of fused-ring (bicyclic) bond motifs is 3. The Balaban J connectivity index is 1.97. The van der Waals surface area contributed by atoms with Crippen LogP contribution in [0.1, 0.15) is 30.4 Å². The predicted octanol–water partition coefficient (Wildman–Crippen LogP) is 2.24. The van der Waals surface area contributed by atoms with Crippen LogP contribution in [0.25, 0.3) is 0 Å². The lowest BCUT2D eigenvalue weighted by atomic mass is 9.86. The van der Waals surface area contributed by atoms with Crippen molar-refractivity contribution >= 4 is 5.69 Å². The minimum atomic E-state index is 0.424. The van der Waals surface area contributed by atoms with E-state index in [2.05, 4.69) is 30.0 Å². The molecule has 0 bridgehead atoms. The summed E-state index contributed by atoms with van der Waals surface area (Å²) in [6, 6.07) is 7.82. The molecule has 2 heterocycles. The molecule has 2 aliphatic rings. The third-order valence-electron chi connectivity index (χ3n) is 4.18. The van der Waals surface area contributed by atoms with Crippen molar-refractivity contribution in [2.45, 2.75) is 44.7 Å². The van der Waals surface area contributed by atoms with E-state index in [0.29, 0.717) is 12.1 Å². The molecule has 16 heavy (non-hydrogen) atoms. The Labute approximate surface area is 97.4 Å². The molecule has 2 nitrogen and oxygen atoms in total. The molecule has 2 N–H and O–H groups in total. The van der Waals surface area contributed by atoms with Gasteiger partial charge in [-0.25, -0.2) is 0 Å². The molecule has 1 fully saturated rings. The second-order valence-corrected chi connectivity index (χ2v) is 5.24. The van der Waals surface area contributed by atoms with Crippen LogP contribution in [-0.4, -0.2) is 18.6 Å². The van der Waals surface area contributed by atoms with Gasteiger partial charge in [-0.15, -0.1) is 0 Å². The Bertz CT molecular complexity index is 400. The standard InChI is InChI=1S/C14H20N2/c1-10-3-2-4-14-13(10)6-5-12-9-11(15)7-8-16(12)14/h2-4,11-12H,5-9,15H2,1H3. The minimum Gasteiger partial charge on any atom is -0.368 e. The highest BCUT2D eigenvalue weighted by molar-refractivity contribution is 5.59. The Kier molecular flexibility index (Phi) is 2.40. The van der Waals surface area contributed by atoms with Crippen LogP contribution in [-0.2, 0) is 6.42 Å². The van der Waals surface area contributed by atoms with Gasteiger partial charge in [-0.3, -0.25) is 0 Å². The monoisotopic (exact) mass is 216 g/mol. The molecule has 2 aliphatic heterocycles. The van der Waals surface area contributed by atoms with Crippen LogP contribution in [0.3, 0.4) is 0 Å². The number of hydrogen-bond donors (Lipinski definition) is 1. The molecule has 1 aromatic carbocycles. The summed E-state index contributed by atoms with van der Waals surface area (Å²) < 4.78 is 0. The summed E-state index contributed by atoms with van der Waals surface area (Å²) in [6.07, 6.45) is 4.83. The Morgan fingerprint density at radius 3 is 3.06 bits per heavy atom. The molecule has 2 unspecified atom stereocenters. The fourth-order valence-electron chi connectivity index (χ4n) is 3.26. The lowest BCUT2D eigenvalue weighted by molar-refractivity contribution is 0.383. The van der Waals surface area contributed by atoms with E-state index < -0.39 is 0 Å². The fourth-order valence-corrected chi connectivity index (χ4v) is 3.26. The molecule has 0 amide bonds. The normalized spacial score (nSPS) is 28.5. The zero-order valence-corrected chi connectivity index (χ0v) is 9.95. The van der Waals surface area contributed by atoms with E-state index in [0.717, 1.165) is 13.0 Å². The lowest BCUT2D eigenvalue weighted by Crippen LogP contribution is -2.49. The van der Waals surface area contributed by atoms with Gasteiger partial charge >= 0.3 is 0 Å². The molecule has 0 radical (unpaired) electrons. The molecule has 2 atom stereocenters. The van der Waals surface area contributed by atoms with Gasteiger partial charge in [0.25, 0.3) is 0 Å². The first-order valence-corrected chi connectivity index (χ1v) is 6.36. The van der Waals surface area contributed by atoms with Gasteiger partial charge in [-0.1, -0.05) is 12.1 Å². The van der Waals surface area contributed by atoms with Crippen LogP contribution in [0.2, 0.25) is 0 Å². The number of hydrogen-bond acceptors (Lipinski definition) is 2. The zero-order chi connectivity index (χ0) is 11.1. The van der Waals surface area contributed by atoms with Gasteiger partial charge in [-0.05, 0) is 49.8 Å². The Hall–Kier alpha value is -1.02. The van der Waals surface area contributed by atoms with Crippen LogP contribution < -0.4 is 10.6 Å². The molecule has 1 aromatic rings. The summed E-state index contributed by atoms with van der Waals surface area (Å²) in [5.41, 5.74) is 10.6. The van der Waals surface area contributed by atoms with E-state index in [1.807, 2.05) is 0 Å². The van der Waals surface area contributed by atoms with Crippen LogP contribution in [0.5, 0.6) is 0 Å². The van der Waals surface area contributed by atoms with Crippen molar-refractivity contribution in [3.8, 4) is 0 Å². The molecule has 0 spiro atoms. The summed E-state index contributed by atoms with van der Waals surface area (Å²) in [5.74, 6) is 0. The van der Waals surface area contributed by atoms with E-state index in [9.17, 15) is 0 Å². The third kappa shape index (κ3) is 1.52. The topological polar surface area (TPSA) is 29.3 Å². The molecule has 86 valence electrons. The van der Waals surface area contributed by atoms with E-state index in [4.69, 9.17) is 5.73 Å². The maximum absolute atomic E-state index is 6.06. The van der Waals surface area contributed by atoms with Crippen molar-refractivity contribution in [2.24, 2.45) is 5.73 Å². The average Bonchev–Trinajstić information content (AvgIpc) is 2.28. The second-order valence-electron chi connectivity index (χ2n) is 5.24. The maximum atomic E-state index is 6.06. The number of piperidine rings is 1. The number of benzene rings is 1. The largest absolute Gasteiger partial charge is 0.368 e. The summed E-state index contributed by atoms with van der Waals surface area (Å²) in [5, 5.41) is 0. The van der Waals surface area contributed by atoms with Crippen LogP contribution in [0.4, 0.5) is 5.69 Å². The predicted molar refractivity (Wildman–Crippen MR) is 67.8 cm³/mol. The first-order chi connectivity index (χ1) is 7.75. The molecule has 1 saturated heterocycles. The third-order valence-corrected chi connectivity index (χ3v) is 4.18. The molecule has 2 heteroatoms. The number of rotatable bonds is 0. The number of aryl methyl sites for hydroxylation is 1. The van der Waals surface area contributed by atoms with Crippen molar-refractivity contribution < 1.29 is 0 Å². The molecular weight excluding hydrogens is 196 g/mol. The van der Waals surface area contributed by atoms with Crippen molar-refractivity contribution in [1.29, 1.82) is 0 Å². The highest BCUT2D eigenvalue weighted by Crippen LogP contribution is 2.36. The molecular formula is C14H20N2. The van der Waals surface area contributed by atoms with E-state index in [-0.39, 0.29) is 0 Å². The van der Waals surface area contributed by atoms with Gasteiger partial charge in [0, 0.05) is 24.3 Å². The summed E-state index contributed by atoms with van der Waals surface area (Å²) in [7, 11) is 0. The zero-order valence-electron chi connectivity index (χ0n) is 9.95. The summed E-state index contributed by atoms with van der Waals surface area (Å²) in [4.78, 5) is 2.59. The minimum absolute atomic E-state index is 0.424. The Morgan fingerprint density at radius 1 is 1.31 bits per heavy atom. The quantitative estimate of drug-likeness (QED) is 0.720. The fraction of sp³-hybridized carbons (Fsp3) is 0.571. The van der Waals surface area contributed by atoms with Crippen molar-refractivity contribution in [3.05, 3.63) is 29.3 Å². The molecule has 3 rings (SSSR count). The highest BCUT2D eigenvalue weighted by atomic mass is 15.2. The van der Waals surface area contributed by atoms with E-state index in [1.165, 1.54) is 30.5 Å². The van der Waals surface area contributed by atoms with Crippen LogP contribution >= 0.6 is 0 Å². The summed E-state index contributed by atoms with van der Waals surface area (Å²) in [6.45, 7) is 3.37. The summed E-state index contributed by atoms with van der Waals surface area (Å²) >= 11 is 0. The average molecular weight is 216 g/mol. The Morgan fingerprint density at radius 2 is 2.19 bits per heavy atom. The lowest BCUT2D eigenvalue weighted by Gasteiger charge is -2.44. The van der Waals surface area contributed by atoms with Crippen LogP contribution in [0.15, 0.2) is 18.2 Å². The van der Waals surface area contributed by atoms with Gasteiger partial charge in [0.15, 0.2) is 0 Å². The maximum Gasteiger partial charge on any atom is 0.0403 e.